The minimum atomic E-state index is -0.837. The standard InChI is InChI=1S/C17H17F2NO3/c1-2-9-22-13-4-6-14(7-5-13)23-11-17(21)20-16-8-3-12(18)10-15(16)19/h3-8,10H,2,9,11H2,1H3,(H,20,21). The van der Waals surface area contributed by atoms with Crippen LogP contribution in [-0.4, -0.2) is 19.1 Å². The second-order valence-corrected chi connectivity index (χ2v) is 4.78. The van der Waals surface area contributed by atoms with Gasteiger partial charge >= 0.3 is 0 Å². The van der Waals surface area contributed by atoms with Gasteiger partial charge in [-0.3, -0.25) is 4.79 Å². The maximum atomic E-state index is 13.4. The number of carbonyl (C=O) groups is 1. The number of amides is 1. The van der Waals surface area contributed by atoms with E-state index in [4.69, 9.17) is 9.47 Å². The minimum absolute atomic E-state index is 0.0942. The van der Waals surface area contributed by atoms with E-state index < -0.39 is 17.5 Å². The average molecular weight is 321 g/mol. The Labute approximate surface area is 133 Å². The zero-order valence-corrected chi connectivity index (χ0v) is 12.6. The highest BCUT2D eigenvalue weighted by molar-refractivity contribution is 5.91. The number of nitrogens with one attached hydrogen (secondary N) is 1. The van der Waals surface area contributed by atoms with Crippen molar-refractivity contribution in [3.05, 3.63) is 54.1 Å². The van der Waals surface area contributed by atoms with Crippen molar-refractivity contribution in [2.24, 2.45) is 0 Å². The van der Waals surface area contributed by atoms with E-state index in [1.807, 2.05) is 6.92 Å². The molecule has 0 atom stereocenters. The van der Waals surface area contributed by atoms with Gasteiger partial charge in [0.05, 0.1) is 12.3 Å². The molecule has 2 aromatic carbocycles. The molecule has 0 unspecified atom stereocenters. The number of benzene rings is 2. The molecule has 122 valence electrons. The van der Waals surface area contributed by atoms with Gasteiger partial charge in [-0.25, -0.2) is 8.78 Å². The summed E-state index contributed by atoms with van der Waals surface area (Å²) in [6.45, 7) is 2.36. The van der Waals surface area contributed by atoms with Crippen LogP contribution in [0.15, 0.2) is 42.5 Å². The van der Waals surface area contributed by atoms with Crippen molar-refractivity contribution in [3.63, 3.8) is 0 Å². The molecule has 6 heteroatoms. The van der Waals surface area contributed by atoms with E-state index >= 15 is 0 Å². The maximum Gasteiger partial charge on any atom is 0.262 e. The number of carbonyl (C=O) groups excluding carboxylic acids is 1. The largest absolute Gasteiger partial charge is 0.494 e. The quantitative estimate of drug-likeness (QED) is 0.844. The summed E-state index contributed by atoms with van der Waals surface area (Å²) in [5.41, 5.74) is -0.0942. The highest BCUT2D eigenvalue weighted by atomic mass is 19.1. The van der Waals surface area contributed by atoms with Crippen molar-refractivity contribution in [1.82, 2.24) is 0 Å². The molecule has 0 saturated carbocycles. The van der Waals surface area contributed by atoms with Crippen LogP contribution in [0.3, 0.4) is 0 Å². The number of ether oxygens (including phenoxy) is 2. The first kappa shape index (κ1) is 16.7. The van der Waals surface area contributed by atoms with Crippen LogP contribution < -0.4 is 14.8 Å². The van der Waals surface area contributed by atoms with Crippen molar-refractivity contribution in [1.29, 1.82) is 0 Å². The summed E-state index contributed by atoms with van der Waals surface area (Å²) in [6, 6.07) is 9.75. The number of halogens is 2. The molecule has 0 spiro atoms. The Morgan fingerprint density at radius 3 is 2.30 bits per heavy atom. The van der Waals surface area contributed by atoms with Crippen molar-refractivity contribution in [3.8, 4) is 11.5 Å². The van der Waals surface area contributed by atoms with E-state index in [-0.39, 0.29) is 12.3 Å². The van der Waals surface area contributed by atoms with Crippen LogP contribution in [0.2, 0.25) is 0 Å². The lowest BCUT2D eigenvalue weighted by Gasteiger charge is -2.09. The van der Waals surface area contributed by atoms with E-state index in [0.717, 1.165) is 24.3 Å². The maximum absolute atomic E-state index is 13.4. The lowest BCUT2D eigenvalue weighted by atomic mass is 10.3. The van der Waals surface area contributed by atoms with Crippen molar-refractivity contribution in [2.75, 3.05) is 18.5 Å². The van der Waals surface area contributed by atoms with E-state index in [9.17, 15) is 13.6 Å². The topological polar surface area (TPSA) is 47.6 Å². The molecule has 0 fully saturated rings. The molecule has 0 bridgehead atoms. The lowest BCUT2D eigenvalue weighted by molar-refractivity contribution is -0.118. The van der Waals surface area contributed by atoms with Gasteiger partial charge < -0.3 is 14.8 Å². The van der Waals surface area contributed by atoms with Gasteiger partial charge in [0.15, 0.2) is 6.61 Å². The van der Waals surface area contributed by atoms with Crippen molar-refractivity contribution >= 4 is 11.6 Å². The van der Waals surface area contributed by atoms with E-state index in [1.54, 1.807) is 24.3 Å². The normalized spacial score (nSPS) is 10.2. The fourth-order valence-electron chi connectivity index (χ4n) is 1.78. The molecule has 0 saturated heterocycles. The second kappa shape index (κ2) is 8.12. The van der Waals surface area contributed by atoms with Gasteiger partial charge in [-0.2, -0.15) is 0 Å². The Hall–Kier alpha value is -2.63. The molecule has 0 heterocycles. The monoisotopic (exact) mass is 321 g/mol. The minimum Gasteiger partial charge on any atom is -0.494 e. The third-order valence-electron chi connectivity index (χ3n) is 2.87. The Bertz CT molecular complexity index is 659. The van der Waals surface area contributed by atoms with Gasteiger partial charge in [0, 0.05) is 6.07 Å². The van der Waals surface area contributed by atoms with E-state index in [2.05, 4.69) is 5.32 Å². The zero-order chi connectivity index (χ0) is 16.7. The van der Waals surface area contributed by atoms with Crippen LogP contribution in [-0.2, 0) is 4.79 Å². The van der Waals surface area contributed by atoms with Gasteiger partial charge in [-0.15, -0.1) is 0 Å². The smallest absolute Gasteiger partial charge is 0.262 e. The Morgan fingerprint density at radius 2 is 1.70 bits per heavy atom. The number of hydrogen-bond acceptors (Lipinski definition) is 3. The average Bonchev–Trinajstić information content (AvgIpc) is 2.54. The third-order valence-corrected chi connectivity index (χ3v) is 2.87. The second-order valence-electron chi connectivity index (χ2n) is 4.78. The number of rotatable bonds is 7. The van der Waals surface area contributed by atoms with E-state index in [0.29, 0.717) is 18.4 Å². The van der Waals surface area contributed by atoms with Gasteiger partial charge in [0.2, 0.25) is 0 Å². The first-order valence-corrected chi connectivity index (χ1v) is 7.19. The number of anilines is 1. The highest BCUT2D eigenvalue weighted by Crippen LogP contribution is 2.18. The molecule has 2 aromatic rings. The van der Waals surface area contributed by atoms with Crippen LogP contribution in [0.5, 0.6) is 11.5 Å². The van der Waals surface area contributed by atoms with Gasteiger partial charge in [0.1, 0.15) is 23.1 Å². The molecule has 1 amide bonds. The highest BCUT2D eigenvalue weighted by Gasteiger charge is 2.08. The summed E-state index contributed by atoms with van der Waals surface area (Å²) in [5.74, 6) is -0.875. The SMILES string of the molecule is CCCOc1ccc(OCC(=O)Nc2ccc(F)cc2F)cc1. The van der Waals surface area contributed by atoms with Crippen molar-refractivity contribution in [2.45, 2.75) is 13.3 Å². The molecule has 4 nitrogen and oxygen atoms in total. The predicted molar refractivity (Wildman–Crippen MR) is 82.7 cm³/mol. The van der Waals surface area contributed by atoms with E-state index in [1.165, 1.54) is 0 Å². The van der Waals surface area contributed by atoms with Crippen LogP contribution in [0.1, 0.15) is 13.3 Å². The summed E-state index contributed by atoms with van der Waals surface area (Å²) < 4.78 is 36.9. The van der Waals surface area contributed by atoms with Crippen molar-refractivity contribution < 1.29 is 23.0 Å². The fourth-order valence-corrected chi connectivity index (χ4v) is 1.78. The zero-order valence-electron chi connectivity index (χ0n) is 12.6. The Morgan fingerprint density at radius 1 is 1.04 bits per heavy atom. The molecule has 0 radical (unpaired) electrons. The summed E-state index contributed by atoms with van der Waals surface area (Å²) >= 11 is 0. The molecule has 0 aliphatic carbocycles. The summed E-state index contributed by atoms with van der Waals surface area (Å²) in [4.78, 5) is 11.7. The van der Waals surface area contributed by atoms with Crippen LogP contribution in [0.4, 0.5) is 14.5 Å². The molecular weight excluding hydrogens is 304 g/mol. The fraction of sp³-hybridized carbons (Fsp3) is 0.235. The molecule has 1 N–H and O–H groups in total. The van der Waals surface area contributed by atoms with Gasteiger partial charge in [0.25, 0.3) is 5.91 Å². The summed E-state index contributed by atoms with van der Waals surface area (Å²) in [6.07, 6.45) is 0.915. The molecule has 0 aliphatic heterocycles. The Kier molecular flexibility index (Phi) is 5.91. The van der Waals surface area contributed by atoms with Gasteiger partial charge in [-0.1, -0.05) is 6.92 Å². The first-order valence-electron chi connectivity index (χ1n) is 7.19. The van der Waals surface area contributed by atoms with Crippen LogP contribution >= 0.6 is 0 Å². The predicted octanol–water partition coefficient (Wildman–Crippen LogP) is 3.77. The molecular formula is C17H17F2NO3. The third kappa shape index (κ3) is 5.25. The lowest BCUT2D eigenvalue weighted by Crippen LogP contribution is -2.20. The molecule has 2 rings (SSSR count). The van der Waals surface area contributed by atoms with Crippen LogP contribution in [0, 0.1) is 11.6 Å². The number of hydrogen-bond donors (Lipinski definition) is 1. The molecule has 0 aliphatic rings. The Balaban J connectivity index is 1.84. The first-order chi connectivity index (χ1) is 11.1. The van der Waals surface area contributed by atoms with Gasteiger partial charge in [-0.05, 0) is 42.8 Å². The molecule has 23 heavy (non-hydrogen) atoms. The van der Waals surface area contributed by atoms with Crippen LogP contribution in [0.25, 0.3) is 0 Å². The summed E-state index contributed by atoms with van der Waals surface area (Å²) in [7, 11) is 0. The molecule has 0 aromatic heterocycles. The summed E-state index contributed by atoms with van der Waals surface area (Å²) in [5, 5.41) is 2.32.